The molecule has 96 valence electrons. The first-order valence-corrected chi connectivity index (χ1v) is 6.79. The minimum absolute atomic E-state index is 0.235. The van der Waals surface area contributed by atoms with Gasteiger partial charge in [0.15, 0.2) is 0 Å². The Morgan fingerprint density at radius 3 is 3.11 bits per heavy atom. The second-order valence-electron chi connectivity index (χ2n) is 4.00. The molecule has 0 saturated heterocycles. The van der Waals surface area contributed by atoms with Gasteiger partial charge in [-0.15, -0.1) is 0 Å². The molecule has 0 spiro atoms. The van der Waals surface area contributed by atoms with Crippen molar-refractivity contribution in [2.24, 2.45) is 0 Å². The van der Waals surface area contributed by atoms with Crippen LogP contribution in [0, 0.1) is 0 Å². The maximum atomic E-state index is 5.76. The molecule has 0 bridgehead atoms. The van der Waals surface area contributed by atoms with Crippen molar-refractivity contribution in [3.8, 4) is 0 Å². The minimum atomic E-state index is 0.235. The monoisotopic (exact) mass is 329 g/mol. The summed E-state index contributed by atoms with van der Waals surface area (Å²) in [4.78, 5) is 8.02. The predicted octanol–water partition coefficient (Wildman–Crippen LogP) is 3.92. The van der Waals surface area contributed by atoms with Crippen molar-refractivity contribution in [2.75, 3.05) is 5.32 Å². The SMILES string of the molecule is CC(CCc1ccco1)Nc1nc(Cl)ncc1Br. The number of aromatic nitrogens is 2. The number of rotatable bonds is 5. The molecule has 1 atom stereocenters. The molecule has 1 N–H and O–H groups in total. The number of hydrogen-bond acceptors (Lipinski definition) is 4. The summed E-state index contributed by atoms with van der Waals surface area (Å²) in [7, 11) is 0. The summed E-state index contributed by atoms with van der Waals surface area (Å²) in [6.45, 7) is 2.09. The molecule has 2 aromatic rings. The van der Waals surface area contributed by atoms with E-state index in [0.717, 1.165) is 23.1 Å². The van der Waals surface area contributed by atoms with Crippen LogP contribution in [0.25, 0.3) is 0 Å². The molecule has 0 radical (unpaired) electrons. The van der Waals surface area contributed by atoms with Crippen LogP contribution in [0.2, 0.25) is 5.28 Å². The lowest BCUT2D eigenvalue weighted by atomic mass is 10.1. The molecule has 2 rings (SSSR count). The third-order valence-electron chi connectivity index (χ3n) is 2.50. The lowest BCUT2D eigenvalue weighted by Gasteiger charge is -2.14. The zero-order chi connectivity index (χ0) is 13.0. The van der Waals surface area contributed by atoms with E-state index in [2.05, 4.69) is 38.1 Å². The molecule has 1 unspecified atom stereocenters. The van der Waals surface area contributed by atoms with Crippen molar-refractivity contribution in [3.63, 3.8) is 0 Å². The van der Waals surface area contributed by atoms with Crippen LogP contribution < -0.4 is 5.32 Å². The van der Waals surface area contributed by atoms with Crippen LogP contribution in [0.15, 0.2) is 33.5 Å². The van der Waals surface area contributed by atoms with Gasteiger partial charge in [-0.1, -0.05) is 0 Å². The minimum Gasteiger partial charge on any atom is -0.469 e. The number of nitrogens with one attached hydrogen (secondary N) is 1. The van der Waals surface area contributed by atoms with Crippen molar-refractivity contribution in [1.29, 1.82) is 0 Å². The number of aryl methyl sites for hydroxylation is 1. The highest BCUT2D eigenvalue weighted by Gasteiger charge is 2.08. The van der Waals surface area contributed by atoms with E-state index < -0.39 is 0 Å². The summed E-state index contributed by atoms with van der Waals surface area (Å²) in [5.74, 6) is 1.70. The highest BCUT2D eigenvalue weighted by Crippen LogP contribution is 2.21. The van der Waals surface area contributed by atoms with Crippen molar-refractivity contribution in [1.82, 2.24) is 9.97 Å². The molecular weight excluding hydrogens is 318 g/mol. The number of furan rings is 1. The van der Waals surface area contributed by atoms with Gasteiger partial charge < -0.3 is 9.73 Å². The van der Waals surface area contributed by atoms with E-state index in [-0.39, 0.29) is 11.3 Å². The topological polar surface area (TPSA) is 51.0 Å². The quantitative estimate of drug-likeness (QED) is 0.844. The maximum absolute atomic E-state index is 5.76. The molecule has 6 heteroatoms. The predicted molar refractivity (Wildman–Crippen MR) is 74.9 cm³/mol. The van der Waals surface area contributed by atoms with Crippen molar-refractivity contribution in [2.45, 2.75) is 25.8 Å². The van der Waals surface area contributed by atoms with E-state index in [0.29, 0.717) is 5.82 Å². The molecule has 0 saturated carbocycles. The van der Waals surface area contributed by atoms with E-state index in [9.17, 15) is 0 Å². The Labute approximate surface area is 119 Å². The van der Waals surface area contributed by atoms with Crippen LogP contribution in [0.1, 0.15) is 19.1 Å². The van der Waals surface area contributed by atoms with Gasteiger partial charge in [-0.2, -0.15) is 4.98 Å². The van der Waals surface area contributed by atoms with Crippen molar-refractivity contribution in [3.05, 3.63) is 40.1 Å². The number of anilines is 1. The zero-order valence-corrected chi connectivity index (χ0v) is 12.2. The Morgan fingerprint density at radius 2 is 2.39 bits per heavy atom. The van der Waals surface area contributed by atoms with Gasteiger partial charge in [0.1, 0.15) is 11.6 Å². The Kier molecular flexibility index (Phi) is 4.60. The van der Waals surface area contributed by atoms with Gasteiger partial charge in [-0.25, -0.2) is 4.98 Å². The van der Waals surface area contributed by atoms with Gasteiger partial charge in [0.25, 0.3) is 0 Å². The van der Waals surface area contributed by atoms with Gasteiger partial charge in [-0.3, -0.25) is 0 Å². The summed E-state index contributed by atoms with van der Waals surface area (Å²) >= 11 is 9.14. The van der Waals surface area contributed by atoms with Crippen LogP contribution in [-0.2, 0) is 6.42 Å². The molecular formula is C12H13BrClN3O. The van der Waals surface area contributed by atoms with E-state index >= 15 is 0 Å². The number of halogens is 2. The molecule has 0 aromatic carbocycles. The molecule has 0 aliphatic carbocycles. The Balaban J connectivity index is 1.90. The summed E-state index contributed by atoms with van der Waals surface area (Å²) in [6, 6.07) is 4.13. The average molecular weight is 331 g/mol. The van der Waals surface area contributed by atoms with Crippen LogP contribution in [0.3, 0.4) is 0 Å². The molecule has 2 aromatic heterocycles. The average Bonchev–Trinajstić information content (AvgIpc) is 2.84. The first-order valence-electron chi connectivity index (χ1n) is 5.62. The third-order valence-corrected chi connectivity index (χ3v) is 3.26. The normalized spacial score (nSPS) is 12.4. The Morgan fingerprint density at radius 1 is 1.56 bits per heavy atom. The first-order chi connectivity index (χ1) is 8.65. The van der Waals surface area contributed by atoms with Gasteiger partial charge in [0.05, 0.1) is 10.7 Å². The fraction of sp³-hybridized carbons (Fsp3) is 0.333. The van der Waals surface area contributed by atoms with Crippen molar-refractivity contribution < 1.29 is 4.42 Å². The third kappa shape index (κ3) is 3.71. The fourth-order valence-corrected chi connectivity index (χ4v) is 2.00. The highest BCUT2D eigenvalue weighted by molar-refractivity contribution is 9.10. The standard InChI is InChI=1S/C12H13BrClN3O/c1-8(4-5-9-3-2-6-18-9)16-11-10(13)7-15-12(14)17-11/h2-3,6-8H,4-5H2,1H3,(H,15,16,17). The Bertz CT molecular complexity index is 504. The fourth-order valence-electron chi connectivity index (χ4n) is 1.57. The van der Waals surface area contributed by atoms with E-state index in [1.54, 1.807) is 12.5 Å². The van der Waals surface area contributed by atoms with E-state index in [1.807, 2.05) is 12.1 Å². The van der Waals surface area contributed by atoms with Crippen LogP contribution in [0.5, 0.6) is 0 Å². The maximum Gasteiger partial charge on any atom is 0.224 e. The molecule has 0 fully saturated rings. The van der Waals surface area contributed by atoms with Gasteiger partial charge in [-0.05, 0) is 53.0 Å². The summed E-state index contributed by atoms with van der Waals surface area (Å²) in [5.41, 5.74) is 0. The molecule has 2 heterocycles. The van der Waals surface area contributed by atoms with Crippen LogP contribution in [-0.4, -0.2) is 16.0 Å². The lowest BCUT2D eigenvalue weighted by Crippen LogP contribution is -2.17. The second kappa shape index (κ2) is 6.20. The van der Waals surface area contributed by atoms with Crippen LogP contribution >= 0.6 is 27.5 Å². The highest BCUT2D eigenvalue weighted by atomic mass is 79.9. The lowest BCUT2D eigenvalue weighted by molar-refractivity contribution is 0.495. The zero-order valence-electron chi connectivity index (χ0n) is 9.86. The van der Waals surface area contributed by atoms with Gasteiger partial charge in [0.2, 0.25) is 5.28 Å². The first kappa shape index (κ1) is 13.4. The molecule has 0 amide bonds. The van der Waals surface area contributed by atoms with Crippen LogP contribution in [0.4, 0.5) is 5.82 Å². The Hall–Kier alpha value is -1.07. The summed E-state index contributed by atoms with van der Waals surface area (Å²) in [6.07, 6.45) is 5.16. The molecule has 0 aliphatic heterocycles. The summed E-state index contributed by atoms with van der Waals surface area (Å²) in [5, 5.41) is 3.52. The largest absolute Gasteiger partial charge is 0.469 e. The van der Waals surface area contributed by atoms with E-state index in [4.69, 9.17) is 16.0 Å². The molecule has 18 heavy (non-hydrogen) atoms. The smallest absolute Gasteiger partial charge is 0.224 e. The van der Waals surface area contributed by atoms with Crippen molar-refractivity contribution >= 4 is 33.3 Å². The second-order valence-corrected chi connectivity index (χ2v) is 5.19. The number of nitrogens with zero attached hydrogens (tertiary/aromatic N) is 2. The molecule has 0 aliphatic rings. The van der Waals surface area contributed by atoms with E-state index in [1.165, 1.54) is 0 Å². The molecule has 4 nitrogen and oxygen atoms in total. The van der Waals surface area contributed by atoms with Gasteiger partial charge >= 0.3 is 0 Å². The number of hydrogen-bond donors (Lipinski definition) is 1. The van der Waals surface area contributed by atoms with Gasteiger partial charge in [0, 0.05) is 18.7 Å². The summed E-state index contributed by atoms with van der Waals surface area (Å²) < 4.78 is 6.10.